The maximum Gasteiger partial charge on any atom is 0.189 e. The summed E-state index contributed by atoms with van der Waals surface area (Å²) < 4.78 is 5.24. The lowest BCUT2D eigenvalue weighted by atomic mass is 10.2. The van der Waals surface area contributed by atoms with E-state index in [1.54, 1.807) is 6.26 Å². The average molecular weight is 209 g/mol. The van der Waals surface area contributed by atoms with Gasteiger partial charge in [-0.1, -0.05) is 0 Å². The lowest BCUT2D eigenvalue weighted by Gasteiger charge is -2.11. The second-order valence-corrected chi connectivity index (χ2v) is 3.95. The highest BCUT2D eigenvalue weighted by atomic mass is 16.3. The first kappa shape index (κ1) is 11.6. The van der Waals surface area contributed by atoms with Gasteiger partial charge in [0.15, 0.2) is 5.96 Å². The van der Waals surface area contributed by atoms with Crippen molar-refractivity contribution in [1.29, 1.82) is 0 Å². The summed E-state index contributed by atoms with van der Waals surface area (Å²) >= 11 is 0. The van der Waals surface area contributed by atoms with E-state index in [1.165, 1.54) is 0 Å². The molecule has 4 heteroatoms. The molecule has 0 aliphatic heterocycles. The molecule has 1 heterocycles. The molecule has 0 aliphatic carbocycles. The van der Waals surface area contributed by atoms with E-state index in [0.29, 0.717) is 12.0 Å². The Morgan fingerprint density at radius 1 is 1.53 bits per heavy atom. The molecule has 0 aliphatic rings. The Labute approximate surface area is 90.6 Å². The van der Waals surface area contributed by atoms with Crippen molar-refractivity contribution >= 4 is 5.96 Å². The van der Waals surface area contributed by atoms with Crippen molar-refractivity contribution in [2.45, 2.75) is 39.3 Å². The minimum absolute atomic E-state index is 0.127. The highest BCUT2D eigenvalue weighted by Gasteiger charge is 2.05. The van der Waals surface area contributed by atoms with Crippen molar-refractivity contribution in [3.63, 3.8) is 0 Å². The summed E-state index contributed by atoms with van der Waals surface area (Å²) in [4.78, 5) is 4.32. The van der Waals surface area contributed by atoms with Crippen LogP contribution < -0.4 is 11.1 Å². The molecule has 1 atom stereocenters. The van der Waals surface area contributed by atoms with Crippen LogP contribution in [-0.2, 0) is 6.42 Å². The predicted octanol–water partition coefficient (Wildman–Crippen LogP) is 1.52. The molecule has 1 aromatic rings. The van der Waals surface area contributed by atoms with Crippen molar-refractivity contribution in [2.24, 2.45) is 10.7 Å². The first-order valence-corrected chi connectivity index (χ1v) is 5.20. The molecule has 0 fully saturated rings. The minimum Gasteiger partial charge on any atom is -0.469 e. The van der Waals surface area contributed by atoms with Gasteiger partial charge in [-0.25, -0.2) is 4.99 Å². The third kappa shape index (κ3) is 4.54. The number of hydrogen-bond donors (Lipinski definition) is 2. The average Bonchev–Trinajstić information content (AvgIpc) is 2.53. The molecule has 0 bridgehead atoms. The van der Waals surface area contributed by atoms with Crippen LogP contribution >= 0.6 is 0 Å². The summed E-state index contributed by atoms with van der Waals surface area (Å²) in [5.74, 6) is 1.42. The van der Waals surface area contributed by atoms with Gasteiger partial charge < -0.3 is 15.5 Å². The van der Waals surface area contributed by atoms with E-state index < -0.39 is 0 Å². The molecule has 84 valence electrons. The maximum atomic E-state index is 5.71. The monoisotopic (exact) mass is 209 g/mol. The van der Waals surface area contributed by atoms with Gasteiger partial charge in [0.25, 0.3) is 0 Å². The second-order valence-electron chi connectivity index (χ2n) is 3.95. The van der Waals surface area contributed by atoms with Crippen LogP contribution in [0.3, 0.4) is 0 Å². The van der Waals surface area contributed by atoms with Gasteiger partial charge in [-0.3, -0.25) is 0 Å². The van der Waals surface area contributed by atoms with Crippen LogP contribution in [-0.4, -0.2) is 18.0 Å². The zero-order valence-corrected chi connectivity index (χ0v) is 9.53. The number of hydrogen-bond acceptors (Lipinski definition) is 2. The van der Waals surface area contributed by atoms with E-state index in [9.17, 15) is 0 Å². The Balaban J connectivity index is 2.44. The maximum absolute atomic E-state index is 5.71. The first-order valence-electron chi connectivity index (χ1n) is 5.20. The molecule has 15 heavy (non-hydrogen) atoms. The quantitative estimate of drug-likeness (QED) is 0.584. The SMILES string of the molecule is CC(Cc1ccco1)N=C(N)NC(C)C. The molecule has 4 nitrogen and oxygen atoms in total. The Morgan fingerprint density at radius 3 is 2.80 bits per heavy atom. The number of furan rings is 1. The molecule has 1 rings (SSSR count). The van der Waals surface area contributed by atoms with Crippen LogP contribution in [0, 0.1) is 0 Å². The zero-order valence-electron chi connectivity index (χ0n) is 9.53. The van der Waals surface area contributed by atoms with Crippen LogP contribution in [0.15, 0.2) is 27.8 Å². The highest BCUT2D eigenvalue weighted by Crippen LogP contribution is 2.05. The van der Waals surface area contributed by atoms with E-state index in [-0.39, 0.29) is 6.04 Å². The summed E-state index contributed by atoms with van der Waals surface area (Å²) in [6.45, 7) is 6.07. The van der Waals surface area contributed by atoms with Crippen molar-refractivity contribution in [2.75, 3.05) is 0 Å². The molecule has 0 spiro atoms. The van der Waals surface area contributed by atoms with Crippen LogP contribution in [0.1, 0.15) is 26.5 Å². The topological polar surface area (TPSA) is 63.5 Å². The summed E-state index contributed by atoms with van der Waals surface area (Å²) in [7, 11) is 0. The van der Waals surface area contributed by atoms with Gasteiger partial charge in [0.2, 0.25) is 0 Å². The van der Waals surface area contributed by atoms with E-state index in [0.717, 1.165) is 12.2 Å². The smallest absolute Gasteiger partial charge is 0.189 e. The molecular formula is C11H19N3O. The lowest BCUT2D eigenvalue weighted by Crippen LogP contribution is -2.37. The molecule has 0 radical (unpaired) electrons. The van der Waals surface area contributed by atoms with Gasteiger partial charge in [0.1, 0.15) is 5.76 Å². The Kier molecular flexibility index (Phi) is 4.21. The van der Waals surface area contributed by atoms with Gasteiger partial charge in [-0.05, 0) is 32.9 Å². The van der Waals surface area contributed by atoms with Gasteiger partial charge in [-0.2, -0.15) is 0 Å². The Morgan fingerprint density at radius 2 is 2.27 bits per heavy atom. The fourth-order valence-electron chi connectivity index (χ4n) is 1.34. The second kappa shape index (κ2) is 5.44. The van der Waals surface area contributed by atoms with E-state index in [1.807, 2.05) is 32.9 Å². The number of nitrogens with zero attached hydrogens (tertiary/aromatic N) is 1. The predicted molar refractivity (Wildman–Crippen MR) is 61.8 cm³/mol. The van der Waals surface area contributed by atoms with Crippen LogP contribution in [0.4, 0.5) is 0 Å². The Hall–Kier alpha value is -1.45. The molecule has 0 amide bonds. The minimum atomic E-state index is 0.127. The van der Waals surface area contributed by atoms with Crippen molar-refractivity contribution in [1.82, 2.24) is 5.32 Å². The fraction of sp³-hybridized carbons (Fsp3) is 0.545. The largest absolute Gasteiger partial charge is 0.469 e. The van der Waals surface area contributed by atoms with Gasteiger partial charge in [0.05, 0.1) is 12.3 Å². The lowest BCUT2D eigenvalue weighted by molar-refractivity contribution is 0.492. The summed E-state index contributed by atoms with van der Waals surface area (Å²) in [5, 5.41) is 3.05. The van der Waals surface area contributed by atoms with Gasteiger partial charge >= 0.3 is 0 Å². The summed E-state index contributed by atoms with van der Waals surface area (Å²) in [6.07, 6.45) is 2.44. The van der Waals surface area contributed by atoms with Crippen LogP contribution in [0.2, 0.25) is 0 Å². The van der Waals surface area contributed by atoms with Gasteiger partial charge in [-0.15, -0.1) is 0 Å². The summed E-state index contributed by atoms with van der Waals surface area (Å²) in [6, 6.07) is 4.26. The number of rotatable bonds is 4. The molecule has 1 aromatic heterocycles. The molecule has 0 saturated carbocycles. The third-order valence-electron chi connectivity index (χ3n) is 1.87. The van der Waals surface area contributed by atoms with Crippen molar-refractivity contribution in [3.8, 4) is 0 Å². The van der Waals surface area contributed by atoms with Crippen molar-refractivity contribution < 1.29 is 4.42 Å². The number of nitrogens with two attached hydrogens (primary N) is 1. The Bertz CT molecular complexity index is 304. The molecule has 0 aromatic carbocycles. The fourth-order valence-corrected chi connectivity index (χ4v) is 1.34. The molecular weight excluding hydrogens is 190 g/mol. The summed E-state index contributed by atoms with van der Waals surface area (Å²) in [5.41, 5.74) is 5.71. The van der Waals surface area contributed by atoms with E-state index >= 15 is 0 Å². The normalized spacial score (nSPS) is 14.3. The van der Waals surface area contributed by atoms with E-state index in [2.05, 4.69) is 10.3 Å². The number of aliphatic imine (C=N–C) groups is 1. The zero-order chi connectivity index (χ0) is 11.3. The number of nitrogens with one attached hydrogen (secondary N) is 1. The van der Waals surface area contributed by atoms with Crippen molar-refractivity contribution in [3.05, 3.63) is 24.2 Å². The molecule has 0 saturated heterocycles. The van der Waals surface area contributed by atoms with Crippen LogP contribution in [0.5, 0.6) is 0 Å². The molecule has 3 N–H and O–H groups in total. The number of guanidine groups is 1. The van der Waals surface area contributed by atoms with E-state index in [4.69, 9.17) is 10.2 Å². The molecule has 1 unspecified atom stereocenters. The highest BCUT2D eigenvalue weighted by molar-refractivity contribution is 5.78. The first-order chi connectivity index (χ1) is 7.08. The van der Waals surface area contributed by atoms with Crippen LogP contribution in [0.25, 0.3) is 0 Å². The van der Waals surface area contributed by atoms with Gasteiger partial charge in [0, 0.05) is 12.5 Å². The third-order valence-corrected chi connectivity index (χ3v) is 1.87. The standard InChI is InChI=1S/C11H19N3O/c1-8(2)13-11(12)14-9(3)7-10-5-4-6-15-10/h4-6,8-9H,7H2,1-3H3,(H3,12,13,14).